The van der Waals surface area contributed by atoms with Crippen molar-refractivity contribution in [2.45, 2.75) is 51.1 Å². The molecular weight excluding hydrogens is 264 g/mol. The van der Waals surface area contributed by atoms with E-state index >= 15 is 0 Å². The molecule has 1 fully saturated rings. The number of carbonyl (C=O) groups is 2. The number of carboxylic acid groups (broad SMARTS) is 1. The quantitative estimate of drug-likeness (QED) is 0.699. The fourth-order valence-electron chi connectivity index (χ4n) is 2.40. The predicted molar refractivity (Wildman–Crippen MR) is 77.5 cm³/mol. The third kappa shape index (κ3) is 5.72. The number of rotatable bonds is 6. The van der Waals surface area contributed by atoms with Crippen LogP contribution in [-0.2, 0) is 4.79 Å². The Hall–Kier alpha value is -0.910. The molecule has 1 saturated carbocycles. The van der Waals surface area contributed by atoms with E-state index in [1.807, 2.05) is 13.2 Å². The molecule has 0 aromatic heterocycles. The van der Waals surface area contributed by atoms with Crippen LogP contribution < -0.4 is 10.6 Å². The van der Waals surface area contributed by atoms with Crippen LogP contribution in [0.15, 0.2) is 0 Å². The molecule has 3 unspecified atom stereocenters. The number of aliphatic carboxylic acids is 1. The summed E-state index contributed by atoms with van der Waals surface area (Å²) in [5, 5.41) is 14.8. The molecule has 0 radical (unpaired) electrons. The minimum Gasteiger partial charge on any atom is -0.481 e. The molecule has 1 aliphatic carbocycles. The number of urea groups is 1. The van der Waals surface area contributed by atoms with Crippen molar-refractivity contribution in [3.63, 3.8) is 0 Å². The van der Waals surface area contributed by atoms with E-state index < -0.39 is 11.9 Å². The highest BCUT2D eigenvalue weighted by Gasteiger charge is 2.31. The highest BCUT2D eigenvalue weighted by Crippen LogP contribution is 2.24. The lowest BCUT2D eigenvalue weighted by atomic mass is 9.84. The van der Waals surface area contributed by atoms with Crippen molar-refractivity contribution in [3.8, 4) is 0 Å². The number of carboxylic acids is 1. The second-order valence-electron chi connectivity index (χ2n) is 5.14. The van der Waals surface area contributed by atoms with E-state index in [-0.39, 0.29) is 18.1 Å². The van der Waals surface area contributed by atoms with E-state index in [0.29, 0.717) is 6.42 Å². The molecule has 1 aliphatic rings. The maximum atomic E-state index is 11.8. The minimum atomic E-state index is -0.805. The molecule has 2 amide bonds. The number of nitrogens with one attached hydrogen (secondary N) is 2. The number of carbonyl (C=O) groups excluding carboxylic acids is 1. The molecule has 0 spiro atoms. The molecule has 1 rings (SSSR count). The van der Waals surface area contributed by atoms with Crippen molar-refractivity contribution in [1.82, 2.24) is 10.6 Å². The van der Waals surface area contributed by atoms with Crippen molar-refractivity contribution >= 4 is 23.8 Å². The maximum Gasteiger partial charge on any atom is 0.315 e. The van der Waals surface area contributed by atoms with Crippen molar-refractivity contribution in [1.29, 1.82) is 0 Å². The number of thioether (sulfide) groups is 1. The second kappa shape index (κ2) is 8.30. The molecule has 5 nitrogen and oxygen atoms in total. The van der Waals surface area contributed by atoms with E-state index in [4.69, 9.17) is 5.11 Å². The van der Waals surface area contributed by atoms with Gasteiger partial charge >= 0.3 is 12.0 Å². The second-order valence-corrected chi connectivity index (χ2v) is 6.12. The van der Waals surface area contributed by atoms with Crippen molar-refractivity contribution in [2.24, 2.45) is 5.92 Å². The van der Waals surface area contributed by atoms with Crippen LogP contribution in [0.2, 0.25) is 0 Å². The van der Waals surface area contributed by atoms with Gasteiger partial charge in [0.25, 0.3) is 0 Å². The zero-order valence-corrected chi connectivity index (χ0v) is 12.5. The lowest BCUT2D eigenvalue weighted by Gasteiger charge is -2.29. The molecular formula is C13H24N2O3S. The van der Waals surface area contributed by atoms with Gasteiger partial charge in [-0.1, -0.05) is 12.8 Å². The molecule has 19 heavy (non-hydrogen) atoms. The molecule has 0 aliphatic heterocycles. The monoisotopic (exact) mass is 288 g/mol. The fourth-order valence-corrected chi connectivity index (χ4v) is 2.99. The van der Waals surface area contributed by atoms with Crippen LogP contribution in [-0.4, -0.2) is 41.2 Å². The molecule has 110 valence electrons. The van der Waals surface area contributed by atoms with Gasteiger partial charge in [-0.3, -0.25) is 4.79 Å². The minimum absolute atomic E-state index is 0.110. The van der Waals surface area contributed by atoms with Crippen LogP contribution in [0, 0.1) is 5.92 Å². The van der Waals surface area contributed by atoms with E-state index in [0.717, 1.165) is 31.4 Å². The highest BCUT2D eigenvalue weighted by molar-refractivity contribution is 7.98. The van der Waals surface area contributed by atoms with Crippen molar-refractivity contribution in [3.05, 3.63) is 0 Å². The van der Waals surface area contributed by atoms with E-state index in [1.165, 1.54) is 0 Å². The summed E-state index contributed by atoms with van der Waals surface area (Å²) >= 11 is 1.75. The summed E-state index contributed by atoms with van der Waals surface area (Å²) in [7, 11) is 0. The van der Waals surface area contributed by atoms with Crippen molar-refractivity contribution < 1.29 is 14.7 Å². The Morgan fingerprint density at radius 2 is 2.05 bits per heavy atom. The molecule has 3 N–H and O–H groups in total. The topological polar surface area (TPSA) is 78.4 Å². The number of amides is 2. The van der Waals surface area contributed by atoms with Gasteiger partial charge in [0.2, 0.25) is 0 Å². The molecule has 0 aromatic carbocycles. The Kier molecular flexibility index (Phi) is 7.05. The Labute approximate surface area is 118 Å². The van der Waals surface area contributed by atoms with Crippen LogP contribution >= 0.6 is 11.8 Å². The molecule has 0 saturated heterocycles. The van der Waals surface area contributed by atoms with E-state index in [1.54, 1.807) is 11.8 Å². The third-order valence-electron chi connectivity index (χ3n) is 3.53. The van der Waals surface area contributed by atoms with Crippen LogP contribution in [0.5, 0.6) is 0 Å². The Bertz CT molecular complexity index is 312. The standard InChI is InChI=1S/C13H24N2O3S/c1-9(7-8-19-2)14-13(18)15-11-6-4-3-5-10(11)12(16)17/h9-11H,3-8H2,1-2H3,(H,16,17)(H2,14,15,18). The number of hydrogen-bond donors (Lipinski definition) is 3. The lowest BCUT2D eigenvalue weighted by molar-refractivity contribution is -0.143. The Morgan fingerprint density at radius 3 is 2.68 bits per heavy atom. The summed E-state index contributed by atoms with van der Waals surface area (Å²) in [6.45, 7) is 1.96. The fraction of sp³-hybridized carbons (Fsp3) is 0.846. The van der Waals surface area contributed by atoms with Crippen molar-refractivity contribution in [2.75, 3.05) is 12.0 Å². The maximum absolute atomic E-state index is 11.8. The van der Waals surface area contributed by atoms with Crippen LogP contribution in [0.1, 0.15) is 39.0 Å². The van der Waals surface area contributed by atoms with Gasteiger partial charge in [0.05, 0.1) is 5.92 Å². The zero-order chi connectivity index (χ0) is 14.3. The summed E-state index contributed by atoms with van der Waals surface area (Å²) in [6, 6.07) is -0.370. The SMILES string of the molecule is CSCCC(C)NC(=O)NC1CCCCC1C(=O)O. The van der Waals surface area contributed by atoms with Crippen LogP contribution in [0.4, 0.5) is 4.79 Å². The normalized spacial score (nSPS) is 24.5. The molecule has 6 heteroatoms. The first-order valence-corrected chi connectivity index (χ1v) is 8.22. The average molecular weight is 288 g/mol. The Balaban J connectivity index is 2.39. The highest BCUT2D eigenvalue weighted by atomic mass is 32.2. The molecule has 0 heterocycles. The van der Waals surface area contributed by atoms with Crippen LogP contribution in [0.25, 0.3) is 0 Å². The van der Waals surface area contributed by atoms with E-state index in [2.05, 4.69) is 10.6 Å². The largest absolute Gasteiger partial charge is 0.481 e. The van der Waals surface area contributed by atoms with Gasteiger partial charge in [-0.15, -0.1) is 0 Å². The summed E-state index contributed by atoms with van der Waals surface area (Å²) in [5.41, 5.74) is 0. The first kappa shape index (κ1) is 16.1. The average Bonchev–Trinajstić information content (AvgIpc) is 2.36. The third-order valence-corrected chi connectivity index (χ3v) is 4.18. The van der Waals surface area contributed by atoms with Gasteiger partial charge in [-0.25, -0.2) is 4.79 Å². The first-order chi connectivity index (χ1) is 9.04. The van der Waals surface area contributed by atoms with Gasteiger partial charge in [0.1, 0.15) is 0 Å². The molecule has 3 atom stereocenters. The molecule has 0 aromatic rings. The summed E-state index contributed by atoms with van der Waals surface area (Å²) in [6.07, 6.45) is 6.28. The first-order valence-electron chi connectivity index (χ1n) is 6.83. The zero-order valence-electron chi connectivity index (χ0n) is 11.6. The van der Waals surface area contributed by atoms with E-state index in [9.17, 15) is 9.59 Å². The van der Waals surface area contributed by atoms with Gasteiger partial charge < -0.3 is 15.7 Å². The number of hydrogen-bond acceptors (Lipinski definition) is 3. The summed E-state index contributed by atoms with van der Waals surface area (Å²) < 4.78 is 0. The summed E-state index contributed by atoms with van der Waals surface area (Å²) in [4.78, 5) is 23.0. The van der Waals surface area contributed by atoms with Gasteiger partial charge in [0.15, 0.2) is 0 Å². The smallest absolute Gasteiger partial charge is 0.315 e. The summed E-state index contributed by atoms with van der Waals surface area (Å²) in [5.74, 6) is -0.246. The van der Waals surface area contributed by atoms with Gasteiger partial charge in [-0.2, -0.15) is 11.8 Å². The Morgan fingerprint density at radius 1 is 1.37 bits per heavy atom. The van der Waals surface area contributed by atoms with Gasteiger partial charge in [0, 0.05) is 12.1 Å². The van der Waals surface area contributed by atoms with Gasteiger partial charge in [-0.05, 0) is 38.2 Å². The van der Waals surface area contributed by atoms with Crippen LogP contribution in [0.3, 0.4) is 0 Å². The lowest BCUT2D eigenvalue weighted by Crippen LogP contribution is -2.50. The molecule has 0 bridgehead atoms. The predicted octanol–water partition coefficient (Wildman–Crippen LogP) is 2.07.